The number of para-hydroxylation sites is 7. The van der Waals surface area contributed by atoms with E-state index in [9.17, 15) is 0 Å². The lowest BCUT2D eigenvalue weighted by atomic mass is 9.31. The van der Waals surface area contributed by atoms with E-state index >= 15 is 30.7 Å². The van der Waals surface area contributed by atoms with Gasteiger partial charge in [-0.25, -0.2) is 30.7 Å². The van der Waals surface area contributed by atoms with Crippen LogP contribution in [0.15, 0.2) is 331 Å². The lowest BCUT2D eigenvalue weighted by molar-refractivity contribution is 0.585. The molecule has 0 radical (unpaired) electrons. The van der Waals surface area contributed by atoms with Gasteiger partial charge in [-0.3, -0.25) is 0 Å². The predicted octanol–water partition coefficient (Wildman–Crippen LogP) is 21.8. The summed E-state index contributed by atoms with van der Waals surface area (Å²) in [6, 6.07) is 96.7. The largest absolute Gasteiger partial charge is 0.310 e. The Hall–Kier alpha value is -12.7. The Morgan fingerprint density at radius 2 is 0.689 bits per heavy atom. The monoisotopic (exact) mass is 1410 g/mol. The van der Waals surface area contributed by atoms with Crippen LogP contribution in [0.4, 0.5) is 116 Å². The SMILES string of the molecule is Cc1cccc(-c2ccccc2)c1N1c2cc(N(c3ccccc3)c3c(F)cccc3F)cc3c2B(c2ccccc2N3c2c(F)cccc2F)c2cc3c(c(F)c21)Sc1cc(N(c2ccc(-c4ccccc4)cc2)c2ccc(-c4ccccc4)cc2)cc2c1B3c1ccccc1N2c1c(F)cccc1F. The van der Waals surface area contributed by atoms with Crippen molar-refractivity contribution in [2.75, 3.05) is 24.5 Å². The highest BCUT2D eigenvalue weighted by Gasteiger charge is 2.51. The third kappa shape index (κ3) is 10.3. The summed E-state index contributed by atoms with van der Waals surface area (Å²) in [6.07, 6.45) is 0. The maximum absolute atomic E-state index is 21.0. The molecule has 15 aromatic rings. The van der Waals surface area contributed by atoms with Crippen molar-refractivity contribution in [2.24, 2.45) is 0 Å². The van der Waals surface area contributed by atoms with Crippen molar-refractivity contribution in [1.29, 1.82) is 0 Å². The van der Waals surface area contributed by atoms with Gasteiger partial charge in [0.05, 0.1) is 17.1 Å². The first-order valence-corrected chi connectivity index (χ1v) is 35.7. The van der Waals surface area contributed by atoms with Gasteiger partial charge in [0.1, 0.15) is 52.0 Å². The molecule has 0 unspecified atom stereocenters. The lowest BCUT2D eigenvalue weighted by Gasteiger charge is -2.46. The maximum atomic E-state index is 21.0. The highest BCUT2D eigenvalue weighted by atomic mass is 32.2. The van der Waals surface area contributed by atoms with Gasteiger partial charge in [-0.2, -0.15) is 0 Å². The summed E-state index contributed by atoms with van der Waals surface area (Å²) in [5.74, 6) is -5.74. The number of anilines is 15. The molecule has 0 amide bonds. The van der Waals surface area contributed by atoms with E-state index in [0.717, 1.165) is 44.8 Å². The first-order chi connectivity index (χ1) is 51.9. The molecule has 0 aromatic heterocycles. The number of benzene rings is 15. The summed E-state index contributed by atoms with van der Waals surface area (Å²) < 4.78 is 124. The van der Waals surface area contributed by atoms with E-state index in [0.29, 0.717) is 83.0 Å². The van der Waals surface area contributed by atoms with Crippen molar-refractivity contribution in [2.45, 2.75) is 16.7 Å². The van der Waals surface area contributed by atoms with Gasteiger partial charge in [-0.15, -0.1) is 0 Å². The topological polar surface area (TPSA) is 16.2 Å². The molecular weight excluding hydrogens is 1350 g/mol. The van der Waals surface area contributed by atoms with Gasteiger partial charge in [-0.05, 0) is 177 Å². The van der Waals surface area contributed by atoms with Crippen LogP contribution in [0.2, 0.25) is 0 Å². The molecule has 0 spiro atoms. The molecule has 4 aliphatic rings. The standard InChI is InChI=1S/C91H56B2F7N5S/c1-55-22-18-31-66(60-27-10-4-11-28-60)86(55)105-80-51-64(102(61-29-12-5-13-30-61)88-71(94)34-19-35-72(88)95)50-79-83(80)92(67-32-14-16-40-77(67)103(79)89-73(96)36-20-37-74(89)97)69-54-70-91(85(100)87(69)105)106-82-53-65(52-81-84(82)93(70)68-33-15-17-41-78(68)104(81)90-75(98)38-21-39-76(90)99)101(62-46-42-58(43-47-62)56-23-6-2-7-24-56)63-48-44-59(45-49-63)57-25-8-3-9-26-57/h2-54H,1H3. The van der Waals surface area contributed by atoms with E-state index in [1.165, 1.54) is 76.2 Å². The summed E-state index contributed by atoms with van der Waals surface area (Å²) >= 11 is 1.23. The fraction of sp³-hybridized carbons (Fsp3) is 0.0110. The van der Waals surface area contributed by atoms with Crippen LogP contribution >= 0.6 is 11.8 Å². The third-order valence-electron chi connectivity index (χ3n) is 20.8. The minimum absolute atomic E-state index is 0.152. The average Bonchev–Trinajstić information content (AvgIpc) is 0.681. The number of hydrogen-bond donors (Lipinski definition) is 0. The van der Waals surface area contributed by atoms with Gasteiger partial charge in [0, 0.05) is 66.5 Å². The highest BCUT2D eigenvalue weighted by molar-refractivity contribution is 8.00. The molecule has 0 bridgehead atoms. The maximum Gasteiger partial charge on any atom is 0.252 e. The average molecular weight is 1410 g/mol. The van der Waals surface area contributed by atoms with Crippen LogP contribution in [-0.4, -0.2) is 13.4 Å². The Labute approximate surface area is 612 Å². The van der Waals surface area contributed by atoms with Crippen molar-refractivity contribution < 1.29 is 30.7 Å². The van der Waals surface area contributed by atoms with E-state index in [1.54, 1.807) is 59.5 Å². The molecule has 506 valence electrons. The number of nitrogens with zero attached hydrogens (tertiary/aromatic N) is 5. The summed E-state index contributed by atoms with van der Waals surface area (Å²) in [5, 5.41) is 0. The van der Waals surface area contributed by atoms with E-state index in [1.807, 2.05) is 145 Å². The third-order valence-corrected chi connectivity index (χ3v) is 22.0. The van der Waals surface area contributed by atoms with E-state index in [2.05, 4.69) is 83.8 Å². The molecule has 0 atom stereocenters. The van der Waals surface area contributed by atoms with Crippen molar-refractivity contribution in [3.8, 4) is 33.4 Å². The quantitative estimate of drug-likeness (QED) is 0.0889. The summed E-state index contributed by atoms with van der Waals surface area (Å²) in [5.41, 5.74) is 13.8. The first-order valence-electron chi connectivity index (χ1n) is 34.9. The second-order valence-corrected chi connectivity index (χ2v) is 27.8. The Bertz CT molecular complexity index is 5900. The van der Waals surface area contributed by atoms with Gasteiger partial charge in [0.2, 0.25) is 6.71 Å². The molecule has 4 aliphatic heterocycles. The Kier molecular flexibility index (Phi) is 15.5. The van der Waals surface area contributed by atoms with Crippen molar-refractivity contribution in [3.63, 3.8) is 0 Å². The zero-order valence-corrected chi connectivity index (χ0v) is 57.4. The molecule has 0 N–H and O–H groups in total. The first kappa shape index (κ1) is 64.2. The Morgan fingerprint density at radius 1 is 0.283 bits per heavy atom. The summed E-state index contributed by atoms with van der Waals surface area (Å²) in [7, 11) is 0. The number of halogens is 7. The molecule has 15 aromatic carbocycles. The number of rotatable bonds is 12. The van der Waals surface area contributed by atoms with E-state index in [-0.39, 0.29) is 27.6 Å². The molecule has 0 aliphatic carbocycles. The normalized spacial score (nSPS) is 12.8. The Morgan fingerprint density at radius 3 is 1.21 bits per heavy atom. The summed E-state index contributed by atoms with van der Waals surface area (Å²) in [4.78, 5) is 9.55. The van der Waals surface area contributed by atoms with Crippen molar-refractivity contribution in [1.82, 2.24) is 0 Å². The van der Waals surface area contributed by atoms with Crippen LogP contribution in [0.3, 0.4) is 0 Å². The van der Waals surface area contributed by atoms with E-state index in [4.69, 9.17) is 0 Å². The minimum Gasteiger partial charge on any atom is -0.310 e. The fourth-order valence-electron chi connectivity index (χ4n) is 16.4. The van der Waals surface area contributed by atoms with Crippen LogP contribution < -0.4 is 57.3 Å². The van der Waals surface area contributed by atoms with Crippen LogP contribution in [0.25, 0.3) is 33.4 Å². The highest BCUT2D eigenvalue weighted by Crippen LogP contribution is 2.55. The molecule has 4 heterocycles. The zero-order chi connectivity index (χ0) is 71.6. The van der Waals surface area contributed by atoms with Crippen molar-refractivity contribution >= 4 is 143 Å². The predicted molar refractivity (Wildman–Crippen MR) is 420 cm³/mol. The van der Waals surface area contributed by atoms with Gasteiger partial charge < -0.3 is 24.5 Å². The van der Waals surface area contributed by atoms with Crippen LogP contribution in [0.5, 0.6) is 0 Å². The molecule has 5 nitrogen and oxygen atoms in total. The number of aryl methyl sites for hydroxylation is 1. The molecule has 0 saturated carbocycles. The van der Waals surface area contributed by atoms with Gasteiger partial charge in [0.25, 0.3) is 6.71 Å². The van der Waals surface area contributed by atoms with E-state index < -0.39 is 65.5 Å². The lowest BCUT2D eigenvalue weighted by Crippen LogP contribution is -2.65. The van der Waals surface area contributed by atoms with Crippen LogP contribution in [-0.2, 0) is 0 Å². The molecular formula is C91H56B2F7N5S. The molecule has 106 heavy (non-hydrogen) atoms. The molecule has 0 saturated heterocycles. The molecule has 19 rings (SSSR count). The second-order valence-electron chi connectivity index (χ2n) is 26.8. The Balaban J connectivity index is 0.918. The summed E-state index contributed by atoms with van der Waals surface area (Å²) in [6.45, 7) is 0.238. The van der Waals surface area contributed by atoms with Crippen LogP contribution in [0.1, 0.15) is 5.56 Å². The van der Waals surface area contributed by atoms with Gasteiger partial charge >= 0.3 is 0 Å². The minimum atomic E-state index is -0.918. The second kappa shape index (κ2) is 25.6. The van der Waals surface area contributed by atoms with Gasteiger partial charge in [0.15, 0.2) is 5.82 Å². The molecule has 0 fully saturated rings. The number of fused-ring (bicyclic) bond motifs is 8. The zero-order valence-electron chi connectivity index (χ0n) is 56.5. The smallest absolute Gasteiger partial charge is 0.252 e. The van der Waals surface area contributed by atoms with Crippen LogP contribution in [0, 0.1) is 47.6 Å². The fourth-order valence-corrected chi connectivity index (χ4v) is 17.6. The van der Waals surface area contributed by atoms with Crippen molar-refractivity contribution in [3.05, 3.63) is 368 Å². The number of hydrogen-bond acceptors (Lipinski definition) is 6. The van der Waals surface area contributed by atoms with Gasteiger partial charge in [-0.1, -0.05) is 230 Å². The molecule has 15 heteroatoms.